The molecule has 2 aromatic carbocycles. The van der Waals surface area contributed by atoms with Gasteiger partial charge >= 0.3 is 6.36 Å². The van der Waals surface area contributed by atoms with Crippen LogP contribution in [0.3, 0.4) is 0 Å². The maximum atomic E-state index is 13.6. The van der Waals surface area contributed by atoms with Gasteiger partial charge in [-0.2, -0.15) is 0 Å². The number of rotatable bonds is 6. The second kappa shape index (κ2) is 7.49. The van der Waals surface area contributed by atoms with Crippen LogP contribution >= 0.6 is 0 Å². The van der Waals surface area contributed by atoms with Crippen LogP contribution in [0.5, 0.6) is 5.75 Å². The van der Waals surface area contributed by atoms with Gasteiger partial charge in [-0.15, -0.1) is 13.2 Å². The molecule has 0 spiro atoms. The highest BCUT2D eigenvalue weighted by Crippen LogP contribution is 2.26. The fourth-order valence-corrected chi connectivity index (χ4v) is 2.36. The van der Waals surface area contributed by atoms with E-state index >= 15 is 0 Å². The summed E-state index contributed by atoms with van der Waals surface area (Å²) in [5.74, 6) is -1.80. The van der Waals surface area contributed by atoms with Crippen molar-refractivity contribution in [3.8, 4) is 5.75 Å². The van der Waals surface area contributed by atoms with Gasteiger partial charge in [-0.25, -0.2) is 4.39 Å². The molecule has 0 aliphatic carbocycles. The molecule has 0 unspecified atom stereocenters. The Bertz CT molecular complexity index is 632. The topological polar surface area (TPSA) is 9.23 Å². The SMILES string of the molecule is CCCc1ccc(CCc2ccc(OC(F)(F)F)c(F)c2)cc1. The Morgan fingerprint density at radius 2 is 1.35 bits per heavy atom. The summed E-state index contributed by atoms with van der Waals surface area (Å²) in [5, 5.41) is 0. The lowest BCUT2D eigenvalue weighted by Gasteiger charge is -2.10. The van der Waals surface area contributed by atoms with E-state index < -0.39 is 17.9 Å². The third kappa shape index (κ3) is 5.58. The minimum absolute atomic E-state index is 0.552. The molecule has 124 valence electrons. The van der Waals surface area contributed by atoms with Gasteiger partial charge in [0.25, 0.3) is 0 Å². The zero-order valence-electron chi connectivity index (χ0n) is 12.8. The number of ether oxygens (including phenoxy) is 1. The van der Waals surface area contributed by atoms with Gasteiger partial charge in [0.1, 0.15) is 0 Å². The molecule has 0 N–H and O–H groups in total. The second-order valence-electron chi connectivity index (χ2n) is 5.38. The summed E-state index contributed by atoms with van der Waals surface area (Å²) in [6, 6.07) is 11.8. The van der Waals surface area contributed by atoms with Gasteiger partial charge in [0, 0.05) is 0 Å². The van der Waals surface area contributed by atoms with Crippen molar-refractivity contribution in [1.82, 2.24) is 0 Å². The van der Waals surface area contributed by atoms with Crippen molar-refractivity contribution >= 4 is 0 Å². The van der Waals surface area contributed by atoms with Crippen LogP contribution < -0.4 is 4.74 Å². The number of benzene rings is 2. The fourth-order valence-electron chi connectivity index (χ4n) is 2.36. The smallest absolute Gasteiger partial charge is 0.403 e. The van der Waals surface area contributed by atoms with E-state index in [1.807, 2.05) is 12.1 Å². The average molecular weight is 326 g/mol. The Morgan fingerprint density at radius 3 is 1.87 bits per heavy atom. The zero-order valence-corrected chi connectivity index (χ0v) is 12.8. The molecule has 0 aliphatic heterocycles. The zero-order chi connectivity index (χ0) is 16.9. The molecule has 0 radical (unpaired) electrons. The molecule has 5 heteroatoms. The number of alkyl halides is 3. The quantitative estimate of drug-likeness (QED) is 0.640. The molecule has 0 aliphatic rings. The molecule has 23 heavy (non-hydrogen) atoms. The van der Waals surface area contributed by atoms with E-state index in [1.54, 1.807) is 0 Å². The summed E-state index contributed by atoms with van der Waals surface area (Å²) in [5.41, 5.74) is 3.02. The summed E-state index contributed by atoms with van der Waals surface area (Å²) in [4.78, 5) is 0. The number of hydrogen-bond acceptors (Lipinski definition) is 1. The first kappa shape index (κ1) is 17.3. The molecule has 0 atom stereocenters. The van der Waals surface area contributed by atoms with E-state index in [0.29, 0.717) is 18.4 Å². The predicted octanol–water partition coefficient (Wildman–Crippen LogP) is 5.46. The van der Waals surface area contributed by atoms with Gasteiger partial charge in [-0.1, -0.05) is 43.7 Å². The highest BCUT2D eigenvalue weighted by atomic mass is 19.4. The minimum Gasteiger partial charge on any atom is -0.403 e. The normalized spacial score (nSPS) is 11.5. The van der Waals surface area contributed by atoms with E-state index in [-0.39, 0.29) is 0 Å². The van der Waals surface area contributed by atoms with Gasteiger partial charge < -0.3 is 4.74 Å². The molecule has 2 aromatic rings. The molecular formula is C18H18F4O. The van der Waals surface area contributed by atoms with Gasteiger partial charge in [0.2, 0.25) is 0 Å². The maximum absolute atomic E-state index is 13.6. The summed E-state index contributed by atoms with van der Waals surface area (Å²) >= 11 is 0. The van der Waals surface area contributed by atoms with Gasteiger partial charge in [0.15, 0.2) is 11.6 Å². The van der Waals surface area contributed by atoms with Crippen LogP contribution in [0.25, 0.3) is 0 Å². The van der Waals surface area contributed by atoms with Crippen LogP contribution in [0.2, 0.25) is 0 Å². The first-order chi connectivity index (χ1) is 10.9. The molecule has 0 fully saturated rings. The molecule has 0 heterocycles. The highest BCUT2D eigenvalue weighted by Gasteiger charge is 2.32. The van der Waals surface area contributed by atoms with Crippen LogP contribution in [0.4, 0.5) is 17.6 Å². The molecule has 1 nitrogen and oxygen atoms in total. The van der Waals surface area contributed by atoms with Crippen LogP contribution in [-0.2, 0) is 19.3 Å². The molecule has 0 amide bonds. The van der Waals surface area contributed by atoms with Gasteiger partial charge in [0.05, 0.1) is 0 Å². The van der Waals surface area contributed by atoms with Crippen LogP contribution in [-0.4, -0.2) is 6.36 Å². The van der Waals surface area contributed by atoms with Gasteiger partial charge in [-0.3, -0.25) is 0 Å². The van der Waals surface area contributed by atoms with Crippen molar-refractivity contribution in [3.05, 3.63) is 65.0 Å². The first-order valence-corrected chi connectivity index (χ1v) is 7.49. The van der Waals surface area contributed by atoms with Crippen molar-refractivity contribution in [2.45, 2.75) is 39.0 Å². The van der Waals surface area contributed by atoms with Crippen LogP contribution in [0.15, 0.2) is 42.5 Å². The van der Waals surface area contributed by atoms with Crippen LogP contribution in [0, 0.1) is 5.82 Å². The molecule has 2 rings (SSSR count). The Morgan fingerprint density at radius 1 is 0.826 bits per heavy atom. The third-order valence-corrected chi connectivity index (χ3v) is 3.49. The number of halogens is 4. The average Bonchev–Trinajstić information content (AvgIpc) is 2.48. The van der Waals surface area contributed by atoms with Crippen molar-refractivity contribution in [3.63, 3.8) is 0 Å². The largest absolute Gasteiger partial charge is 0.573 e. The minimum atomic E-state index is -4.89. The van der Waals surface area contributed by atoms with Gasteiger partial charge in [-0.05, 0) is 48.1 Å². The molecule has 0 aromatic heterocycles. The van der Waals surface area contributed by atoms with E-state index in [2.05, 4.69) is 23.8 Å². The Hall–Kier alpha value is -2.04. The van der Waals surface area contributed by atoms with Crippen molar-refractivity contribution < 1.29 is 22.3 Å². The Kier molecular flexibility index (Phi) is 5.64. The molecule has 0 saturated carbocycles. The van der Waals surface area contributed by atoms with E-state index in [1.165, 1.54) is 11.6 Å². The monoisotopic (exact) mass is 326 g/mol. The lowest BCUT2D eigenvalue weighted by molar-refractivity contribution is -0.275. The highest BCUT2D eigenvalue weighted by molar-refractivity contribution is 5.30. The van der Waals surface area contributed by atoms with Crippen LogP contribution in [0.1, 0.15) is 30.0 Å². The lowest BCUT2D eigenvalue weighted by atomic mass is 10.0. The Labute approximate surface area is 132 Å². The maximum Gasteiger partial charge on any atom is 0.573 e. The summed E-state index contributed by atoms with van der Waals surface area (Å²) in [6.45, 7) is 2.12. The number of aryl methyl sites for hydroxylation is 3. The van der Waals surface area contributed by atoms with Crippen molar-refractivity contribution in [1.29, 1.82) is 0 Å². The van der Waals surface area contributed by atoms with Crippen molar-refractivity contribution in [2.75, 3.05) is 0 Å². The molecule has 0 saturated heterocycles. The van der Waals surface area contributed by atoms with E-state index in [9.17, 15) is 17.6 Å². The summed E-state index contributed by atoms with van der Waals surface area (Å²) in [7, 11) is 0. The second-order valence-corrected chi connectivity index (χ2v) is 5.38. The van der Waals surface area contributed by atoms with E-state index in [0.717, 1.165) is 30.5 Å². The molecular weight excluding hydrogens is 308 g/mol. The fraction of sp³-hybridized carbons (Fsp3) is 0.333. The molecule has 0 bridgehead atoms. The summed E-state index contributed by atoms with van der Waals surface area (Å²) < 4.78 is 53.5. The third-order valence-electron chi connectivity index (χ3n) is 3.49. The standard InChI is InChI=1S/C18H18F4O/c1-2-3-13-4-6-14(7-5-13)8-9-15-10-11-17(16(19)12-15)23-18(20,21)22/h4-7,10-12H,2-3,8-9H2,1H3. The number of hydrogen-bond donors (Lipinski definition) is 0. The first-order valence-electron chi connectivity index (χ1n) is 7.49. The Balaban J connectivity index is 1.96. The van der Waals surface area contributed by atoms with Crippen molar-refractivity contribution in [2.24, 2.45) is 0 Å². The lowest BCUT2D eigenvalue weighted by Crippen LogP contribution is -2.18. The van der Waals surface area contributed by atoms with E-state index in [4.69, 9.17) is 0 Å². The summed E-state index contributed by atoms with van der Waals surface area (Å²) in [6.07, 6.45) is -1.51. The predicted molar refractivity (Wildman–Crippen MR) is 80.9 cm³/mol.